The molecule has 7 heteroatoms. The van der Waals surface area contributed by atoms with Crippen LogP contribution in [0.5, 0.6) is 46.0 Å². The number of fused-ring (bicyclic) bond motifs is 4. The van der Waals surface area contributed by atoms with Gasteiger partial charge < -0.3 is 18.9 Å². The van der Waals surface area contributed by atoms with Crippen molar-refractivity contribution in [3.63, 3.8) is 0 Å². The van der Waals surface area contributed by atoms with Gasteiger partial charge in [0.1, 0.15) is 46.0 Å². The quantitative estimate of drug-likeness (QED) is 0.0904. The Morgan fingerprint density at radius 2 is 0.456 bits per heavy atom. The SMILES string of the molecule is Cc1cc2c([c-]1C(C)[c-]1c(C)cc3c1C=CC=CC3c1ccc(Oc3ccccc3)cc1)C=CC=CC2c1ccc(Oc2ccccc2)cc1.Cc1cc2c([c-]1C(C)[c-]1c(C)cc3c1C=CC=CC3c1ccc(Oc3ccccc3)cc1)C=CC=CC2c1ccc(Oc2ccccc2)cc1.[Cl][Zr][Cl]. The second-order valence-corrected chi connectivity index (χ2v) is 30.5. The van der Waals surface area contributed by atoms with Crippen LogP contribution in [0.1, 0.15) is 161 Å². The number of halogens is 2. The monoisotopic (exact) mass is 1460 g/mol. The van der Waals surface area contributed by atoms with Gasteiger partial charge in [0.25, 0.3) is 0 Å². The molecular formula is C96H80Cl2O4Zr-4. The standard InChI is InChI=1S/2C48H40O2.2ClH.Zr/c2*1-32-30-45-41(35-22-26-39(27-23-35)49-37-14-6-4-7-15-37)18-10-12-20-43(45)47(32)34(3)48-33(2)31-46-42(19-11-13-21-44(46)48)36-24-28-40(29-25-36)50-38-16-8-5-9-17-38;;;/h2*4-31,34,41-42H,1-3H3;2*1H;/q2*-2;;;+2/p-2. The van der Waals surface area contributed by atoms with Gasteiger partial charge in [-0.2, -0.15) is 46.5 Å². The van der Waals surface area contributed by atoms with E-state index in [0.29, 0.717) is 0 Å². The van der Waals surface area contributed by atoms with Crippen LogP contribution in [0.25, 0.3) is 24.3 Å². The Morgan fingerprint density at radius 1 is 0.272 bits per heavy atom. The fourth-order valence-electron chi connectivity index (χ4n) is 15.7. The molecule has 12 aromatic carbocycles. The van der Waals surface area contributed by atoms with Gasteiger partial charge in [0.15, 0.2) is 0 Å². The molecule has 0 heterocycles. The molecule has 0 N–H and O–H groups in total. The summed E-state index contributed by atoms with van der Waals surface area (Å²) in [5, 5.41) is 0. The molecule has 4 atom stereocenters. The number of hydrogen-bond donors (Lipinski definition) is 0. The zero-order chi connectivity index (χ0) is 70.8. The van der Waals surface area contributed by atoms with Crippen LogP contribution in [0.15, 0.2) is 316 Å². The van der Waals surface area contributed by atoms with Crippen LogP contribution >= 0.6 is 17.0 Å². The molecule has 0 radical (unpaired) electrons. The van der Waals surface area contributed by atoms with Gasteiger partial charge in [-0.15, -0.1) is 115 Å². The van der Waals surface area contributed by atoms with Gasteiger partial charge in [-0.05, 0) is 143 Å². The van der Waals surface area contributed by atoms with E-state index in [2.05, 4.69) is 260 Å². The van der Waals surface area contributed by atoms with Crippen molar-refractivity contribution in [3.8, 4) is 46.0 Å². The number of ether oxygens (including phenoxy) is 4. The molecule has 12 aromatic rings. The third-order valence-corrected chi connectivity index (χ3v) is 20.2. The molecule has 0 saturated heterocycles. The summed E-state index contributed by atoms with van der Waals surface area (Å²) >= 11 is -0.826. The van der Waals surface area contributed by atoms with Gasteiger partial charge in [0, 0.05) is 0 Å². The molecule has 103 heavy (non-hydrogen) atoms. The summed E-state index contributed by atoms with van der Waals surface area (Å²) in [5.74, 6) is 7.81. The maximum absolute atomic E-state index is 6.09. The van der Waals surface area contributed by atoms with E-state index in [1.165, 1.54) is 111 Å². The van der Waals surface area contributed by atoms with Crippen LogP contribution in [0, 0.1) is 27.7 Å². The normalized spacial score (nSPS) is 16.3. The van der Waals surface area contributed by atoms with Gasteiger partial charge in [-0.1, -0.05) is 223 Å². The number of para-hydroxylation sites is 4. The van der Waals surface area contributed by atoms with Crippen molar-refractivity contribution in [2.45, 2.75) is 77.0 Å². The van der Waals surface area contributed by atoms with Gasteiger partial charge in [0.05, 0.1) is 0 Å². The van der Waals surface area contributed by atoms with Crippen LogP contribution in [0.4, 0.5) is 0 Å². The molecule has 16 rings (SSSR count). The molecule has 0 saturated carbocycles. The first kappa shape index (κ1) is 69.8. The summed E-state index contributed by atoms with van der Waals surface area (Å²) in [4.78, 5) is 0. The third kappa shape index (κ3) is 15.6. The second kappa shape index (κ2) is 32.4. The van der Waals surface area contributed by atoms with E-state index in [1.54, 1.807) is 0 Å². The van der Waals surface area contributed by atoms with Crippen LogP contribution in [-0.4, -0.2) is 0 Å². The van der Waals surface area contributed by atoms with Crippen molar-refractivity contribution in [3.05, 3.63) is 427 Å². The second-order valence-electron chi connectivity index (χ2n) is 26.8. The predicted octanol–water partition coefficient (Wildman–Crippen LogP) is 27.2. The number of rotatable bonds is 16. The Kier molecular flexibility index (Phi) is 21.9. The van der Waals surface area contributed by atoms with Crippen LogP contribution < -0.4 is 18.9 Å². The molecule has 0 bridgehead atoms. The van der Waals surface area contributed by atoms with E-state index in [1.807, 2.05) is 121 Å². The van der Waals surface area contributed by atoms with Crippen molar-refractivity contribution in [1.29, 1.82) is 0 Å². The fraction of sp³-hybridized carbons (Fsp3) is 0.125. The molecule has 4 unspecified atom stereocenters. The van der Waals surface area contributed by atoms with Gasteiger partial charge in [0.2, 0.25) is 0 Å². The molecule has 0 amide bonds. The van der Waals surface area contributed by atoms with E-state index in [-0.39, 0.29) is 35.5 Å². The summed E-state index contributed by atoms with van der Waals surface area (Å²) in [6.07, 6.45) is 36.1. The van der Waals surface area contributed by atoms with Crippen molar-refractivity contribution in [2.24, 2.45) is 0 Å². The van der Waals surface area contributed by atoms with Crippen molar-refractivity contribution in [1.82, 2.24) is 0 Å². The van der Waals surface area contributed by atoms with E-state index in [4.69, 9.17) is 36.0 Å². The molecule has 4 aliphatic rings. The summed E-state index contributed by atoms with van der Waals surface area (Å²) < 4.78 is 24.4. The molecule has 0 aromatic heterocycles. The van der Waals surface area contributed by atoms with Crippen molar-refractivity contribution < 1.29 is 39.8 Å². The summed E-state index contributed by atoms with van der Waals surface area (Å²) in [6.45, 7) is 13.9. The molecule has 4 aliphatic carbocycles. The zero-order valence-electron chi connectivity index (χ0n) is 58.7. The molecule has 0 fully saturated rings. The summed E-state index contributed by atoms with van der Waals surface area (Å²) in [5.41, 5.74) is 26.8. The first-order chi connectivity index (χ1) is 50.5. The topological polar surface area (TPSA) is 36.9 Å². The van der Waals surface area contributed by atoms with E-state index >= 15 is 0 Å². The molecule has 0 spiro atoms. The minimum absolute atomic E-state index is 0.158. The summed E-state index contributed by atoms with van der Waals surface area (Å²) in [6, 6.07) is 83.7. The Hall–Kier alpha value is -10.3. The van der Waals surface area contributed by atoms with E-state index < -0.39 is 20.8 Å². The Bertz CT molecular complexity index is 4480. The maximum atomic E-state index is 6.09. The number of allylic oxidation sites excluding steroid dienone is 12. The Balaban J connectivity index is 0.000000168. The number of benzene rings is 8. The third-order valence-electron chi connectivity index (χ3n) is 20.2. The van der Waals surface area contributed by atoms with Gasteiger partial charge in [-0.25, -0.2) is 0 Å². The summed E-state index contributed by atoms with van der Waals surface area (Å²) in [7, 11) is 9.87. The fourth-order valence-corrected chi connectivity index (χ4v) is 15.7. The number of hydrogen-bond acceptors (Lipinski definition) is 4. The van der Waals surface area contributed by atoms with Gasteiger partial charge >= 0.3 is 37.9 Å². The Labute approximate surface area is 626 Å². The van der Waals surface area contributed by atoms with Crippen molar-refractivity contribution in [2.75, 3.05) is 0 Å². The zero-order valence-corrected chi connectivity index (χ0v) is 62.7. The van der Waals surface area contributed by atoms with Crippen LogP contribution in [0.2, 0.25) is 0 Å². The van der Waals surface area contributed by atoms with E-state index in [9.17, 15) is 0 Å². The van der Waals surface area contributed by atoms with Crippen molar-refractivity contribution >= 4 is 41.3 Å². The minimum atomic E-state index is -0.826. The first-order valence-corrected chi connectivity index (χ1v) is 41.7. The molecule has 510 valence electrons. The average molecular weight is 1460 g/mol. The van der Waals surface area contributed by atoms with Crippen LogP contribution in [0.3, 0.4) is 0 Å². The predicted molar refractivity (Wildman–Crippen MR) is 426 cm³/mol. The van der Waals surface area contributed by atoms with E-state index in [0.717, 1.165) is 46.0 Å². The number of aryl methyl sites for hydroxylation is 4. The molecule has 0 aliphatic heterocycles. The molecular weight excluding hydrogens is 1380 g/mol. The average Bonchev–Trinajstić information content (AvgIpc) is 1.61. The van der Waals surface area contributed by atoms with Gasteiger partial charge in [-0.3, -0.25) is 0 Å². The molecule has 4 nitrogen and oxygen atoms in total. The Morgan fingerprint density at radius 3 is 0.650 bits per heavy atom. The first-order valence-electron chi connectivity index (χ1n) is 35.4. The van der Waals surface area contributed by atoms with Crippen LogP contribution in [-0.2, 0) is 20.8 Å².